The van der Waals surface area contributed by atoms with Crippen molar-refractivity contribution in [1.29, 1.82) is 0 Å². The van der Waals surface area contributed by atoms with Gasteiger partial charge in [-0.05, 0) is 25.0 Å². The summed E-state index contributed by atoms with van der Waals surface area (Å²) in [5.41, 5.74) is -0.928. The molecule has 0 saturated carbocycles. The molecule has 20 heavy (non-hydrogen) atoms. The highest BCUT2D eigenvalue weighted by atomic mass is 35.5. The van der Waals surface area contributed by atoms with E-state index >= 15 is 0 Å². The normalized spacial score (nSPS) is 18.1. The van der Waals surface area contributed by atoms with Crippen LogP contribution >= 0.6 is 11.6 Å². The lowest BCUT2D eigenvalue weighted by molar-refractivity contribution is -0.143. The van der Waals surface area contributed by atoms with E-state index in [0.29, 0.717) is 12.8 Å². The Kier molecular flexibility index (Phi) is 3.81. The van der Waals surface area contributed by atoms with Gasteiger partial charge in [-0.2, -0.15) is 0 Å². The van der Waals surface area contributed by atoms with Gasteiger partial charge in [0, 0.05) is 0 Å². The van der Waals surface area contributed by atoms with Gasteiger partial charge in [-0.3, -0.25) is 14.9 Å². The molecule has 0 radical (unpaired) electrons. The minimum atomic E-state index is -1.22. The topological polar surface area (TPSA) is 66.5 Å². The molecule has 1 aromatic rings. The zero-order chi connectivity index (χ0) is 14.9. The standard InChI is InChI=1S/C14H15ClN2O3/c1-3-14(4-2)11(18)16-13(20)17(12(14)19)10-8-6-5-7-9(10)15/h5-8H,3-4H2,1-2H3,(H,16,18,20). The number of halogens is 1. The Hall–Kier alpha value is -1.88. The molecule has 1 fully saturated rings. The number of carbonyl (C=O) groups excluding carboxylic acids is 3. The van der Waals surface area contributed by atoms with Gasteiger partial charge < -0.3 is 0 Å². The molecular weight excluding hydrogens is 280 g/mol. The lowest BCUT2D eigenvalue weighted by Crippen LogP contribution is -2.64. The molecule has 1 aliphatic heterocycles. The molecule has 1 heterocycles. The molecule has 4 amide bonds. The van der Waals surface area contributed by atoms with Crippen molar-refractivity contribution in [3.05, 3.63) is 29.3 Å². The molecule has 0 aliphatic carbocycles. The molecule has 1 aromatic carbocycles. The highest BCUT2D eigenvalue weighted by Crippen LogP contribution is 2.36. The number of benzene rings is 1. The van der Waals surface area contributed by atoms with Gasteiger partial charge in [0.25, 0.3) is 5.91 Å². The van der Waals surface area contributed by atoms with E-state index in [-0.39, 0.29) is 10.7 Å². The second-order valence-electron chi connectivity index (χ2n) is 4.64. The van der Waals surface area contributed by atoms with E-state index in [2.05, 4.69) is 5.32 Å². The van der Waals surface area contributed by atoms with Crippen LogP contribution < -0.4 is 10.2 Å². The maximum Gasteiger partial charge on any atom is 0.335 e. The van der Waals surface area contributed by atoms with Gasteiger partial charge in [-0.1, -0.05) is 37.6 Å². The second kappa shape index (κ2) is 5.25. The van der Waals surface area contributed by atoms with Gasteiger partial charge in [0.2, 0.25) is 5.91 Å². The fraction of sp³-hybridized carbons (Fsp3) is 0.357. The Morgan fingerprint density at radius 2 is 1.75 bits per heavy atom. The van der Waals surface area contributed by atoms with Crippen LogP contribution in [-0.4, -0.2) is 17.8 Å². The number of barbiturate groups is 1. The summed E-state index contributed by atoms with van der Waals surface area (Å²) in [6.07, 6.45) is 0.644. The smallest absolute Gasteiger partial charge is 0.276 e. The van der Waals surface area contributed by atoms with Crippen LogP contribution in [0.25, 0.3) is 0 Å². The second-order valence-corrected chi connectivity index (χ2v) is 5.05. The van der Waals surface area contributed by atoms with Gasteiger partial charge in [-0.15, -0.1) is 0 Å². The summed E-state index contributed by atoms with van der Waals surface area (Å²) in [6.45, 7) is 3.50. The molecule has 2 rings (SSSR count). The van der Waals surface area contributed by atoms with Crippen LogP contribution in [0.1, 0.15) is 26.7 Å². The summed E-state index contributed by atoms with van der Waals surface area (Å²) in [5.74, 6) is -1.06. The quantitative estimate of drug-likeness (QED) is 0.872. The average Bonchev–Trinajstić information content (AvgIpc) is 2.42. The highest BCUT2D eigenvalue weighted by Gasteiger charge is 2.52. The number of imide groups is 2. The Balaban J connectivity index is 2.54. The third-order valence-electron chi connectivity index (χ3n) is 3.77. The molecule has 0 unspecified atom stereocenters. The van der Waals surface area contributed by atoms with Crippen molar-refractivity contribution in [3.8, 4) is 0 Å². The molecular formula is C14H15ClN2O3. The van der Waals surface area contributed by atoms with Crippen molar-refractivity contribution < 1.29 is 14.4 Å². The van der Waals surface area contributed by atoms with Gasteiger partial charge in [-0.25, -0.2) is 9.69 Å². The van der Waals surface area contributed by atoms with E-state index in [1.54, 1.807) is 38.1 Å². The van der Waals surface area contributed by atoms with Crippen LogP contribution in [0.15, 0.2) is 24.3 Å². The molecule has 1 saturated heterocycles. The summed E-state index contributed by atoms with van der Waals surface area (Å²) in [5, 5.41) is 2.53. The third kappa shape index (κ3) is 1.98. The van der Waals surface area contributed by atoms with Gasteiger partial charge >= 0.3 is 6.03 Å². The van der Waals surface area contributed by atoms with Crippen molar-refractivity contribution in [2.45, 2.75) is 26.7 Å². The van der Waals surface area contributed by atoms with Crippen LogP contribution in [0.3, 0.4) is 0 Å². The maximum absolute atomic E-state index is 12.7. The molecule has 0 aromatic heterocycles. The summed E-state index contributed by atoms with van der Waals surface area (Å²) < 4.78 is 0. The van der Waals surface area contributed by atoms with Crippen LogP contribution in [-0.2, 0) is 9.59 Å². The Morgan fingerprint density at radius 1 is 1.15 bits per heavy atom. The largest absolute Gasteiger partial charge is 0.335 e. The number of amides is 4. The lowest BCUT2D eigenvalue weighted by atomic mass is 9.78. The first-order chi connectivity index (χ1) is 9.47. The van der Waals surface area contributed by atoms with Crippen molar-refractivity contribution in [1.82, 2.24) is 5.32 Å². The minimum absolute atomic E-state index is 0.284. The molecule has 1 N–H and O–H groups in total. The van der Waals surface area contributed by atoms with Crippen molar-refractivity contribution >= 4 is 35.1 Å². The minimum Gasteiger partial charge on any atom is -0.276 e. The first-order valence-corrected chi connectivity index (χ1v) is 6.80. The first kappa shape index (κ1) is 14.5. The predicted molar refractivity (Wildman–Crippen MR) is 75.5 cm³/mol. The van der Waals surface area contributed by atoms with Crippen LogP contribution in [0.2, 0.25) is 5.02 Å². The highest BCUT2D eigenvalue weighted by molar-refractivity contribution is 6.37. The van der Waals surface area contributed by atoms with Gasteiger partial charge in [0.15, 0.2) is 0 Å². The van der Waals surface area contributed by atoms with E-state index in [9.17, 15) is 14.4 Å². The molecule has 0 atom stereocenters. The molecule has 106 valence electrons. The number of anilines is 1. The monoisotopic (exact) mass is 294 g/mol. The molecule has 0 bridgehead atoms. The summed E-state index contributed by atoms with van der Waals surface area (Å²) in [4.78, 5) is 37.7. The van der Waals surface area contributed by atoms with Crippen molar-refractivity contribution in [2.24, 2.45) is 5.41 Å². The van der Waals surface area contributed by atoms with E-state index in [1.165, 1.54) is 0 Å². The fourth-order valence-electron chi connectivity index (χ4n) is 2.40. The summed E-state index contributed by atoms with van der Waals surface area (Å²) in [6, 6.07) is 5.79. The number of hydrogen-bond donors (Lipinski definition) is 1. The number of para-hydroxylation sites is 1. The average molecular weight is 295 g/mol. The third-order valence-corrected chi connectivity index (χ3v) is 4.09. The van der Waals surface area contributed by atoms with Crippen LogP contribution in [0.5, 0.6) is 0 Å². The van der Waals surface area contributed by atoms with E-state index in [1.807, 2.05) is 0 Å². The summed E-state index contributed by atoms with van der Waals surface area (Å²) >= 11 is 6.05. The number of carbonyl (C=O) groups is 3. The fourth-order valence-corrected chi connectivity index (χ4v) is 2.62. The van der Waals surface area contributed by atoms with Crippen LogP contribution in [0, 0.1) is 5.41 Å². The molecule has 1 aliphatic rings. The molecule has 6 heteroatoms. The van der Waals surface area contributed by atoms with E-state index < -0.39 is 23.3 Å². The number of nitrogens with one attached hydrogen (secondary N) is 1. The van der Waals surface area contributed by atoms with Crippen LogP contribution in [0.4, 0.5) is 10.5 Å². The predicted octanol–water partition coefficient (Wildman–Crippen LogP) is 2.73. The number of urea groups is 1. The number of hydrogen-bond acceptors (Lipinski definition) is 3. The lowest BCUT2D eigenvalue weighted by Gasteiger charge is -2.38. The SMILES string of the molecule is CCC1(CC)C(=O)NC(=O)N(c2ccccc2Cl)C1=O. The number of rotatable bonds is 3. The molecule has 5 nitrogen and oxygen atoms in total. The van der Waals surface area contributed by atoms with Crippen molar-refractivity contribution in [3.63, 3.8) is 0 Å². The number of nitrogens with zero attached hydrogens (tertiary/aromatic N) is 1. The van der Waals surface area contributed by atoms with Gasteiger partial charge in [0.1, 0.15) is 5.41 Å². The zero-order valence-electron chi connectivity index (χ0n) is 11.3. The Labute approximate surface area is 121 Å². The van der Waals surface area contributed by atoms with E-state index in [4.69, 9.17) is 11.6 Å². The van der Waals surface area contributed by atoms with E-state index in [0.717, 1.165) is 4.90 Å². The summed E-state index contributed by atoms with van der Waals surface area (Å²) in [7, 11) is 0. The first-order valence-electron chi connectivity index (χ1n) is 6.42. The Bertz CT molecular complexity index is 582. The zero-order valence-corrected chi connectivity index (χ0v) is 12.0. The maximum atomic E-state index is 12.7. The Morgan fingerprint density at radius 3 is 2.30 bits per heavy atom. The van der Waals surface area contributed by atoms with Gasteiger partial charge in [0.05, 0.1) is 10.7 Å². The molecule has 0 spiro atoms. The van der Waals surface area contributed by atoms with Crippen molar-refractivity contribution in [2.75, 3.05) is 4.90 Å².